The Hall–Kier alpha value is -1.70. The van der Waals surface area contributed by atoms with E-state index < -0.39 is 0 Å². The number of nitrogens with two attached hydrogens (primary N) is 1. The maximum absolute atomic E-state index is 12.8. The standard InChI is InChI=1S/C15H20FN3O2S/c1-20-8-6-19(11-14-10-18-15(17)22-14)7-9-21-13-4-2-12(16)3-5-13/h2-5,10H,6-9,11H2,1H3,(H2,17,18). The Morgan fingerprint density at radius 1 is 1.23 bits per heavy atom. The van der Waals surface area contributed by atoms with Crippen LogP contribution in [0.25, 0.3) is 0 Å². The van der Waals surface area contributed by atoms with Crippen LogP contribution < -0.4 is 10.5 Å². The lowest BCUT2D eigenvalue weighted by Crippen LogP contribution is -2.30. The molecule has 2 N–H and O–H groups in total. The summed E-state index contributed by atoms with van der Waals surface area (Å²) < 4.78 is 23.6. The van der Waals surface area contributed by atoms with E-state index in [1.54, 1.807) is 25.4 Å². The van der Waals surface area contributed by atoms with E-state index >= 15 is 0 Å². The van der Waals surface area contributed by atoms with Crippen LogP contribution in [0.3, 0.4) is 0 Å². The number of thiazole rings is 1. The van der Waals surface area contributed by atoms with Gasteiger partial charge in [-0.2, -0.15) is 0 Å². The molecule has 1 heterocycles. The fourth-order valence-electron chi connectivity index (χ4n) is 1.93. The third kappa shape index (κ3) is 5.59. The molecular formula is C15H20FN3O2S. The zero-order valence-electron chi connectivity index (χ0n) is 12.5. The van der Waals surface area contributed by atoms with Crippen molar-refractivity contribution in [3.05, 3.63) is 41.2 Å². The Labute approximate surface area is 133 Å². The van der Waals surface area contributed by atoms with Crippen LogP contribution in [0, 0.1) is 5.82 Å². The van der Waals surface area contributed by atoms with Gasteiger partial charge in [-0.3, -0.25) is 4.90 Å². The molecule has 0 aliphatic carbocycles. The second kappa shape index (κ2) is 8.67. The molecule has 0 saturated carbocycles. The molecule has 0 fully saturated rings. The summed E-state index contributed by atoms with van der Waals surface area (Å²) in [6.45, 7) is 3.44. The number of hydrogen-bond donors (Lipinski definition) is 1. The van der Waals surface area contributed by atoms with E-state index in [9.17, 15) is 4.39 Å². The monoisotopic (exact) mass is 325 g/mol. The minimum absolute atomic E-state index is 0.267. The smallest absolute Gasteiger partial charge is 0.180 e. The predicted molar refractivity (Wildman–Crippen MR) is 85.6 cm³/mol. The van der Waals surface area contributed by atoms with Crippen molar-refractivity contribution in [3.8, 4) is 5.75 Å². The Kier molecular flexibility index (Phi) is 6.57. The van der Waals surface area contributed by atoms with Gasteiger partial charge in [-0.25, -0.2) is 9.37 Å². The summed E-state index contributed by atoms with van der Waals surface area (Å²) in [7, 11) is 1.68. The van der Waals surface area contributed by atoms with Gasteiger partial charge in [0.1, 0.15) is 18.2 Å². The molecule has 0 atom stereocenters. The normalized spacial score (nSPS) is 11.0. The highest BCUT2D eigenvalue weighted by atomic mass is 32.1. The van der Waals surface area contributed by atoms with E-state index in [4.69, 9.17) is 15.2 Å². The van der Waals surface area contributed by atoms with Gasteiger partial charge in [0.05, 0.1) is 6.61 Å². The zero-order valence-corrected chi connectivity index (χ0v) is 13.3. The van der Waals surface area contributed by atoms with Crippen molar-refractivity contribution in [2.24, 2.45) is 0 Å². The number of nitrogens with zero attached hydrogens (tertiary/aromatic N) is 2. The number of aromatic nitrogens is 1. The lowest BCUT2D eigenvalue weighted by Gasteiger charge is -2.21. The third-order valence-corrected chi connectivity index (χ3v) is 3.86. The molecule has 0 spiro atoms. The van der Waals surface area contributed by atoms with E-state index in [-0.39, 0.29) is 5.82 Å². The molecule has 0 aliphatic heterocycles. The Balaban J connectivity index is 1.82. The van der Waals surface area contributed by atoms with Crippen LogP contribution in [0.15, 0.2) is 30.5 Å². The van der Waals surface area contributed by atoms with Crippen LogP contribution in [0.5, 0.6) is 5.75 Å². The van der Waals surface area contributed by atoms with Crippen molar-refractivity contribution >= 4 is 16.5 Å². The summed E-state index contributed by atoms with van der Waals surface area (Å²) in [5.41, 5.74) is 5.65. The van der Waals surface area contributed by atoms with E-state index in [0.29, 0.717) is 24.1 Å². The van der Waals surface area contributed by atoms with Gasteiger partial charge in [-0.15, -0.1) is 11.3 Å². The quantitative estimate of drug-likeness (QED) is 0.767. The minimum atomic E-state index is -0.267. The third-order valence-electron chi connectivity index (χ3n) is 3.05. The SMILES string of the molecule is COCCN(CCOc1ccc(F)cc1)Cc1cnc(N)s1. The van der Waals surface area contributed by atoms with Gasteiger partial charge in [-0.05, 0) is 24.3 Å². The van der Waals surface area contributed by atoms with E-state index in [2.05, 4.69) is 9.88 Å². The Bertz CT molecular complexity index is 562. The molecule has 5 nitrogen and oxygen atoms in total. The van der Waals surface area contributed by atoms with Gasteiger partial charge in [0.15, 0.2) is 5.13 Å². The van der Waals surface area contributed by atoms with Gasteiger partial charge in [-0.1, -0.05) is 0 Å². The molecule has 0 unspecified atom stereocenters. The lowest BCUT2D eigenvalue weighted by molar-refractivity contribution is 0.131. The van der Waals surface area contributed by atoms with Gasteiger partial charge >= 0.3 is 0 Å². The molecule has 0 radical (unpaired) electrons. The van der Waals surface area contributed by atoms with E-state index in [0.717, 1.165) is 24.5 Å². The first-order valence-electron chi connectivity index (χ1n) is 6.97. The van der Waals surface area contributed by atoms with E-state index in [1.165, 1.54) is 23.5 Å². The molecule has 2 rings (SSSR count). The summed E-state index contributed by atoms with van der Waals surface area (Å²) in [6, 6.07) is 6.02. The molecule has 0 aliphatic rings. The molecule has 0 amide bonds. The number of methoxy groups -OCH3 is 1. The maximum atomic E-state index is 12.8. The number of halogens is 1. The first-order chi connectivity index (χ1) is 10.7. The average Bonchev–Trinajstić information content (AvgIpc) is 2.92. The molecule has 22 heavy (non-hydrogen) atoms. The lowest BCUT2D eigenvalue weighted by atomic mass is 10.3. The number of hydrogen-bond acceptors (Lipinski definition) is 6. The fraction of sp³-hybridized carbons (Fsp3) is 0.400. The summed E-state index contributed by atoms with van der Waals surface area (Å²) >= 11 is 1.48. The summed E-state index contributed by atoms with van der Waals surface area (Å²) in [6.07, 6.45) is 1.79. The second-order valence-corrected chi connectivity index (χ2v) is 5.88. The van der Waals surface area contributed by atoms with Crippen molar-refractivity contribution in [3.63, 3.8) is 0 Å². The zero-order chi connectivity index (χ0) is 15.8. The van der Waals surface area contributed by atoms with Crippen molar-refractivity contribution in [1.82, 2.24) is 9.88 Å². The topological polar surface area (TPSA) is 60.6 Å². The number of anilines is 1. The Morgan fingerprint density at radius 2 is 1.95 bits per heavy atom. The molecule has 1 aromatic carbocycles. The number of rotatable bonds is 9. The second-order valence-electron chi connectivity index (χ2n) is 4.74. The molecule has 0 bridgehead atoms. The molecule has 1 aromatic heterocycles. The van der Waals surface area contributed by atoms with Gasteiger partial charge < -0.3 is 15.2 Å². The largest absolute Gasteiger partial charge is 0.492 e. The first-order valence-corrected chi connectivity index (χ1v) is 7.79. The van der Waals surface area contributed by atoms with Crippen LogP contribution in [0.4, 0.5) is 9.52 Å². The molecule has 0 saturated heterocycles. The van der Waals surface area contributed by atoms with Crippen LogP contribution in [-0.4, -0.2) is 43.3 Å². The highest BCUT2D eigenvalue weighted by molar-refractivity contribution is 7.15. The van der Waals surface area contributed by atoms with Crippen molar-refractivity contribution < 1.29 is 13.9 Å². The minimum Gasteiger partial charge on any atom is -0.492 e. The fourth-order valence-corrected chi connectivity index (χ4v) is 2.66. The maximum Gasteiger partial charge on any atom is 0.180 e. The molecule has 7 heteroatoms. The predicted octanol–water partition coefficient (Wildman–Crippen LogP) is 2.39. The Morgan fingerprint density at radius 3 is 2.59 bits per heavy atom. The van der Waals surface area contributed by atoms with Gasteiger partial charge in [0.2, 0.25) is 0 Å². The van der Waals surface area contributed by atoms with Crippen molar-refractivity contribution in [2.75, 3.05) is 39.1 Å². The summed E-state index contributed by atoms with van der Waals surface area (Å²) in [5.74, 6) is 0.395. The highest BCUT2D eigenvalue weighted by Crippen LogP contribution is 2.16. The average molecular weight is 325 g/mol. The van der Waals surface area contributed by atoms with Crippen molar-refractivity contribution in [1.29, 1.82) is 0 Å². The number of benzene rings is 1. The first kappa shape index (κ1) is 16.7. The van der Waals surface area contributed by atoms with Crippen LogP contribution in [-0.2, 0) is 11.3 Å². The molecular weight excluding hydrogens is 305 g/mol. The summed E-state index contributed by atoms with van der Waals surface area (Å²) in [4.78, 5) is 7.37. The number of ether oxygens (including phenoxy) is 2. The van der Waals surface area contributed by atoms with E-state index in [1.807, 2.05) is 0 Å². The van der Waals surface area contributed by atoms with Gasteiger partial charge in [0, 0.05) is 37.8 Å². The van der Waals surface area contributed by atoms with Crippen LogP contribution in [0.2, 0.25) is 0 Å². The summed E-state index contributed by atoms with van der Waals surface area (Å²) in [5, 5.41) is 0.573. The number of nitrogen functional groups attached to an aromatic ring is 1. The molecule has 120 valence electrons. The van der Waals surface area contributed by atoms with Crippen LogP contribution in [0.1, 0.15) is 4.88 Å². The van der Waals surface area contributed by atoms with Crippen molar-refractivity contribution in [2.45, 2.75) is 6.54 Å². The highest BCUT2D eigenvalue weighted by Gasteiger charge is 2.09. The van der Waals surface area contributed by atoms with Crippen LogP contribution >= 0.6 is 11.3 Å². The van der Waals surface area contributed by atoms with Gasteiger partial charge in [0.25, 0.3) is 0 Å². The molecule has 2 aromatic rings.